The number of urea groups is 1. The summed E-state index contributed by atoms with van der Waals surface area (Å²) in [6, 6.07) is 0.412. The Labute approximate surface area is 72.9 Å². The minimum atomic E-state index is -0.795. The molecule has 0 aromatic carbocycles. The van der Waals surface area contributed by atoms with E-state index in [1.807, 2.05) is 0 Å². The number of nitrogens with two attached hydrogens (primary N) is 1. The van der Waals surface area contributed by atoms with E-state index in [-0.39, 0.29) is 5.95 Å². The van der Waals surface area contributed by atoms with Crippen LogP contribution >= 0.6 is 12.8 Å². The van der Waals surface area contributed by atoms with Gasteiger partial charge in [0.05, 0.1) is 0 Å². The van der Waals surface area contributed by atoms with Gasteiger partial charge in [0.25, 0.3) is 5.56 Å². The molecule has 0 spiro atoms. The Morgan fingerprint density at radius 2 is 2.42 bits per heavy atom. The molecule has 12 heavy (non-hydrogen) atoms. The van der Waals surface area contributed by atoms with E-state index in [0.29, 0.717) is 0 Å². The highest BCUT2D eigenvalue weighted by Crippen LogP contribution is 1.99. The first kappa shape index (κ1) is 8.60. The van der Waals surface area contributed by atoms with Crippen molar-refractivity contribution in [1.29, 1.82) is 0 Å². The molecule has 6 nitrogen and oxygen atoms in total. The summed E-state index contributed by atoms with van der Waals surface area (Å²) < 4.78 is 1.17. The van der Waals surface area contributed by atoms with E-state index in [1.54, 1.807) is 0 Å². The van der Waals surface area contributed by atoms with E-state index < -0.39 is 11.6 Å². The summed E-state index contributed by atoms with van der Waals surface area (Å²) in [7, 11) is 0. The topological polar surface area (TPSA) is 90.0 Å². The molecule has 0 aliphatic rings. The third-order valence-electron chi connectivity index (χ3n) is 1.03. The Hall–Kier alpha value is -1.50. The summed E-state index contributed by atoms with van der Waals surface area (Å²) in [5.41, 5.74) is 4.34. The maximum Gasteiger partial charge on any atom is 0.318 e. The van der Waals surface area contributed by atoms with Crippen LogP contribution in [0.4, 0.5) is 10.7 Å². The highest BCUT2D eigenvalue weighted by molar-refractivity contribution is 7.78. The smallest absolute Gasteiger partial charge is 0.318 e. The molecule has 0 atom stereocenters. The molecule has 0 radical (unpaired) electrons. The molecule has 3 N–H and O–H groups in total. The third kappa shape index (κ3) is 1.99. The van der Waals surface area contributed by atoms with Gasteiger partial charge in [-0.2, -0.15) is 4.98 Å². The van der Waals surface area contributed by atoms with Crippen LogP contribution in [-0.2, 0) is 0 Å². The fourth-order valence-corrected chi connectivity index (χ4v) is 0.755. The van der Waals surface area contributed by atoms with Gasteiger partial charge in [-0.25, -0.2) is 4.79 Å². The second-order valence-corrected chi connectivity index (χ2v) is 2.35. The van der Waals surface area contributed by atoms with Crippen LogP contribution in [0.15, 0.2) is 17.1 Å². The fraction of sp³-hybridized carbons (Fsp3) is 0. The van der Waals surface area contributed by atoms with Crippen molar-refractivity contribution in [3.63, 3.8) is 0 Å². The zero-order valence-corrected chi connectivity index (χ0v) is 6.78. The van der Waals surface area contributed by atoms with E-state index in [9.17, 15) is 9.59 Å². The molecule has 0 fully saturated rings. The van der Waals surface area contributed by atoms with Crippen molar-refractivity contribution in [3.8, 4) is 0 Å². The molecule has 0 aliphatic carbocycles. The SMILES string of the molecule is NC(=O)Nc1nc(=O)ccn1S. The first-order valence-corrected chi connectivity index (χ1v) is 3.35. The number of nitrogens with one attached hydrogen (secondary N) is 1. The summed E-state index contributed by atoms with van der Waals surface area (Å²) in [6.45, 7) is 0. The molecule has 1 aromatic rings. The van der Waals surface area contributed by atoms with E-state index >= 15 is 0 Å². The number of carbonyl (C=O) groups excluding carboxylic acids is 1. The monoisotopic (exact) mass is 186 g/mol. The van der Waals surface area contributed by atoms with Gasteiger partial charge in [-0.1, -0.05) is 12.8 Å². The van der Waals surface area contributed by atoms with Gasteiger partial charge >= 0.3 is 6.03 Å². The molecule has 7 heteroatoms. The van der Waals surface area contributed by atoms with Crippen LogP contribution in [0.2, 0.25) is 0 Å². The van der Waals surface area contributed by atoms with Gasteiger partial charge in [-0.3, -0.25) is 14.1 Å². The number of nitrogens with zero attached hydrogens (tertiary/aromatic N) is 2. The molecule has 1 heterocycles. The van der Waals surface area contributed by atoms with Gasteiger partial charge < -0.3 is 5.73 Å². The molecule has 64 valence electrons. The van der Waals surface area contributed by atoms with Gasteiger partial charge in [0, 0.05) is 12.3 Å². The van der Waals surface area contributed by atoms with Crippen molar-refractivity contribution in [2.75, 3.05) is 5.32 Å². The number of rotatable bonds is 1. The number of anilines is 1. The number of carbonyl (C=O) groups is 1. The number of hydrogen-bond donors (Lipinski definition) is 3. The second-order valence-electron chi connectivity index (χ2n) is 1.92. The van der Waals surface area contributed by atoms with Gasteiger partial charge in [0.15, 0.2) is 0 Å². The first-order valence-electron chi connectivity index (χ1n) is 2.95. The highest BCUT2D eigenvalue weighted by atomic mass is 32.1. The van der Waals surface area contributed by atoms with Crippen LogP contribution in [0, 0.1) is 0 Å². The predicted octanol–water partition coefficient (Wildman–Crippen LogP) is -0.573. The zero-order valence-electron chi connectivity index (χ0n) is 5.89. The van der Waals surface area contributed by atoms with Crippen LogP contribution in [0.3, 0.4) is 0 Å². The lowest BCUT2D eigenvalue weighted by Crippen LogP contribution is -2.24. The molecule has 1 aromatic heterocycles. The maximum absolute atomic E-state index is 10.7. The summed E-state index contributed by atoms with van der Waals surface area (Å²) in [5, 5.41) is 2.13. The average Bonchev–Trinajstić information content (AvgIpc) is 1.96. The lowest BCUT2D eigenvalue weighted by Gasteiger charge is -2.03. The molecule has 0 saturated carbocycles. The predicted molar refractivity (Wildman–Crippen MR) is 46.1 cm³/mol. The third-order valence-corrected chi connectivity index (χ3v) is 1.35. The molecule has 1 rings (SSSR count). The lowest BCUT2D eigenvalue weighted by atomic mass is 10.6. The quantitative estimate of drug-likeness (QED) is 0.513. The highest BCUT2D eigenvalue weighted by Gasteiger charge is 2.01. The zero-order chi connectivity index (χ0) is 9.14. The van der Waals surface area contributed by atoms with E-state index in [0.717, 1.165) is 0 Å². The summed E-state index contributed by atoms with van der Waals surface area (Å²) in [6.07, 6.45) is 1.35. The van der Waals surface area contributed by atoms with Gasteiger partial charge in [0.1, 0.15) is 0 Å². The molecule has 0 aliphatic heterocycles. The van der Waals surface area contributed by atoms with Crippen LogP contribution in [0.5, 0.6) is 0 Å². The Morgan fingerprint density at radius 3 is 3.00 bits per heavy atom. The minimum absolute atomic E-state index is 0.00154. The number of amides is 2. The van der Waals surface area contributed by atoms with Crippen molar-refractivity contribution >= 4 is 24.8 Å². The van der Waals surface area contributed by atoms with E-state index in [1.165, 1.54) is 16.2 Å². The van der Waals surface area contributed by atoms with Gasteiger partial charge in [0.2, 0.25) is 5.95 Å². The summed E-state index contributed by atoms with van der Waals surface area (Å²) in [5.74, 6) is -0.00154. The Bertz CT molecular complexity index is 361. The largest absolute Gasteiger partial charge is 0.351 e. The standard InChI is InChI=1S/C5H6N4O2S/c6-4(11)8-5-7-3(10)1-2-9(5)12/h1-2,12H,(H3,6,7,8,10,11). The van der Waals surface area contributed by atoms with Crippen molar-refractivity contribution in [2.24, 2.45) is 5.73 Å². The number of primary amides is 1. The number of thiol groups is 1. The minimum Gasteiger partial charge on any atom is -0.351 e. The first-order chi connectivity index (χ1) is 5.59. The molecule has 0 saturated heterocycles. The van der Waals surface area contributed by atoms with E-state index in [2.05, 4.69) is 23.1 Å². The van der Waals surface area contributed by atoms with Crippen LogP contribution in [-0.4, -0.2) is 15.0 Å². The maximum atomic E-state index is 10.7. The van der Waals surface area contributed by atoms with Crippen molar-refractivity contribution in [1.82, 2.24) is 8.96 Å². The van der Waals surface area contributed by atoms with Gasteiger partial charge in [-0.05, 0) is 0 Å². The Kier molecular flexibility index (Phi) is 2.34. The Balaban J connectivity index is 3.05. The number of hydrogen-bond acceptors (Lipinski definition) is 4. The molecule has 0 unspecified atom stereocenters. The summed E-state index contributed by atoms with van der Waals surface area (Å²) >= 11 is 3.86. The van der Waals surface area contributed by atoms with Crippen LogP contribution in [0.25, 0.3) is 0 Å². The van der Waals surface area contributed by atoms with Crippen molar-refractivity contribution in [3.05, 3.63) is 22.6 Å². The van der Waals surface area contributed by atoms with E-state index in [4.69, 9.17) is 5.73 Å². The fourth-order valence-electron chi connectivity index (χ4n) is 0.593. The normalized spacial score (nSPS) is 9.42. The van der Waals surface area contributed by atoms with Crippen molar-refractivity contribution < 1.29 is 4.79 Å². The molecular weight excluding hydrogens is 180 g/mol. The Morgan fingerprint density at radius 1 is 1.75 bits per heavy atom. The molecule has 2 amide bonds. The molecular formula is C5H6N4O2S. The average molecular weight is 186 g/mol. The lowest BCUT2D eigenvalue weighted by molar-refractivity contribution is 0.259. The summed E-state index contributed by atoms with van der Waals surface area (Å²) in [4.78, 5) is 24.5. The van der Waals surface area contributed by atoms with Crippen molar-refractivity contribution in [2.45, 2.75) is 0 Å². The van der Waals surface area contributed by atoms with Gasteiger partial charge in [-0.15, -0.1) is 0 Å². The number of aromatic nitrogens is 2. The second kappa shape index (κ2) is 3.26. The molecule has 0 bridgehead atoms. The van der Waals surface area contributed by atoms with Crippen LogP contribution in [0.1, 0.15) is 0 Å². The van der Waals surface area contributed by atoms with Crippen LogP contribution < -0.4 is 16.6 Å².